The summed E-state index contributed by atoms with van der Waals surface area (Å²) in [5, 5.41) is 7.38. The monoisotopic (exact) mass is 312 g/mol. The van der Waals surface area contributed by atoms with Gasteiger partial charge in [-0.25, -0.2) is 4.98 Å². The van der Waals surface area contributed by atoms with Gasteiger partial charge in [0, 0.05) is 18.8 Å². The maximum atomic E-state index is 12.2. The third-order valence-corrected chi connectivity index (χ3v) is 4.42. The molecule has 0 fully saturated rings. The van der Waals surface area contributed by atoms with Crippen LogP contribution < -0.4 is 10.1 Å². The van der Waals surface area contributed by atoms with Gasteiger partial charge < -0.3 is 4.74 Å². The molecule has 0 spiro atoms. The molecule has 0 saturated carbocycles. The molecule has 3 heterocycles. The summed E-state index contributed by atoms with van der Waals surface area (Å²) in [6, 6.07) is 9.44. The van der Waals surface area contributed by atoms with E-state index in [-0.39, 0.29) is 5.91 Å². The Morgan fingerprint density at radius 1 is 1.36 bits per heavy atom. The summed E-state index contributed by atoms with van der Waals surface area (Å²) in [4.78, 5) is 17.8. The van der Waals surface area contributed by atoms with Gasteiger partial charge in [-0.3, -0.25) is 14.8 Å². The maximum absolute atomic E-state index is 12.2. The van der Waals surface area contributed by atoms with Gasteiger partial charge in [-0.05, 0) is 18.2 Å². The van der Waals surface area contributed by atoms with Crippen molar-refractivity contribution in [3.05, 3.63) is 47.1 Å². The van der Waals surface area contributed by atoms with E-state index in [1.54, 1.807) is 19.3 Å². The van der Waals surface area contributed by atoms with Gasteiger partial charge in [0.25, 0.3) is 5.91 Å². The Morgan fingerprint density at radius 3 is 3.05 bits per heavy atom. The normalized spacial score (nSPS) is 12.2. The average molecular weight is 312 g/mol. The van der Waals surface area contributed by atoms with Crippen LogP contribution in [-0.2, 0) is 13.7 Å². The van der Waals surface area contributed by atoms with Crippen LogP contribution in [0.15, 0.2) is 36.5 Å². The first kappa shape index (κ1) is 13.0. The summed E-state index contributed by atoms with van der Waals surface area (Å²) in [7, 11) is 1.73. The highest BCUT2D eigenvalue weighted by molar-refractivity contribution is 7.16. The van der Waals surface area contributed by atoms with Gasteiger partial charge in [0.1, 0.15) is 18.1 Å². The fourth-order valence-electron chi connectivity index (χ4n) is 2.40. The van der Waals surface area contributed by atoms with Crippen molar-refractivity contribution in [2.24, 2.45) is 7.05 Å². The highest BCUT2D eigenvalue weighted by atomic mass is 32.1. The van der Waals surface area contributed by atoms with E-state index in [1.807, 2.05) is 24.3 Å². The molecule has 4 rings (SSSR count). The van der Waals surface area contributed by atoms with E-state index in [1.165, 1.54) is 16.0 Å². The van der Waals surface area contributed by atoms with Crippen molar-refractivity contribution in [1.82, 2.24) is 14.8 Å². The number of carbonyl (C=O) groups is 1. The Morgan fingerprint density at radius 2 is 2.23 bits per heavy atom. The first-order valence-electron chi connectivity index (χ1n) is 6.73. The molecular weight excluding hydrogens is 300 g/mol. The molecule has 0 saturated heterocycles. The van der Waals surface area contributed by atoms with E-state index in [4.69, 9.17) is 4.74 Å². The minimum absolute atomic E-state index is 0.222. The summed E-state index contributed by atoms with van der Waals surface area (Å²) in [5.74, 6) is 0.602. The fraction of sp³-hybridized carbons (Fsp3) is 0.133. The number of hydrogen-bond acceptors (Lipinski definition) is 5. The Hall–Kier alpha value is -2.67. The third kappa shape index (κ3) is 2.06. The van der Waals surface area contributed by atoms with Gasteiger partial charge in [0.15, 0.2) is 5.13 Å². The van der Waals surface area contributed by atoms with Crippen molar-refractivity contribution in [1.29, 1.82) is 0 Å². The van der Waals surface area contributed by atoms with E-state index in [0.29, 0.717) is 17.4 Å². The summed E-state index contributed by atoms with van der Waals surface area (Å²) in [5.41, 5.74) is 2.33. The van der Waals surface area contributed by atoms with E-state index >= 15 is 0 Å². The maximum Gasteiger partial charge on any atom is 0.275 e. The van der Waals surface area contributed by atoms with Crippen LogP contribution in [0.25, 0.3) is 11.3 Å². The second-order valence-electron chi connectivity index (χ2n) is 4.87. The van der Waals surface area contributed by atoms with Gasteiger partial charge in [-0.2, -0.15) is 5.10 Å². The fourth-order valence-corrected chi connectivity index (χ4v) is 3.29. The molecule has 1 aliphatic rings. The summed E-state index contributed by atoms with van der Waals surface area (Å²) < 4.78 is 7.23. The molecule has 0 atom stereocenters. The number of benzene rings is 1. The molecule has 0 bridgehead atoms. The third-order valence-electron chi connectivity index (χ3n) is 3.47. The summed E-state index contributed by atoms with van der Waals surface area (Å²) in [6.45, 7) is 0.478. The molecule has 2 aromatic heterocycles. The van der Waals surface area contributed by atoms with Crippen molar-refractivity contribution in [3.8, 4) is 17.0 Å². The highest BCUT2D eigenvalue weighted by Gasteiger charge is 2.22. The molecule has 22 heavy (non-hydrogen) atoms. The number of para-hydroxylation sites is 1. The van der Waals surface area contributed by atoms with Gasteiger partial charge in [0.2, 0.25) is 0 Å². The Kier molecular flexibility index (Phi) is 2.93. The molecule has 0 aliphatic carbocycles. The predicted octanol–water partition coefficient (Wildman–Crippen LogP) is 2.69. The van der Waals surface area contributed by atoms with Crippen molar-refractivity contribution in [2.75, 3.05) is 5.32 Å². The highest BCUT2D eigenvalue weighted by Crippen LogP contribution is 2.40. The lowest BCUT2D eigenvalue weighted by Gasteiger charge is -2.15. The number of aromatic nitrogens is 3. The average Bonchev–Trinajstić information content (AvgIpc) is 3.12. The van der Waals surface area contributed by atoms with Crippen molar-refractivity contribution < 1.29 is 9.53 Å². The molecule has 3 aromatic rings. The van der Waals surface area contributed by atoms with Gasteiger partial charge in [0.05, 0.1) is 10.6 Å². The zero-order valence-corrected chi connectivity index (χ0v) is 12.6. The molecule has 110 valence electrons. The molecule has 1 aromatic carbocycles. The number of anilines is 1. The summed E-state index contributed by atoms with van der Waals surface area (Å²) >= 11 is 1.43. The number of nitrogens with zero attached hydrogens (tertiary/aromatic N) is 3. The van der Waals surface area contributed by atoms with Gasteiger partial charge in [-0.15, -0.1) is 0 Å². The lowest BCUT2D eigenvalue weighted by molar-refractivity contribution is 0.101. The number of rotatable bonds is 2. The molecular formula is C15H12N4O2S. The van der Waals surface area contributed by atoms with Crippen molar-refractivity contribution >= 4 is 22.4 Å². The topological polar surface area (TPSA) is 69.0 Å². The van der Waals surface area contributed by atoms with E-state index in [9.17, 15) is 4.79 Å². The van der Waals surface area contributed by atoms with Crippen molar-refractivity contribution in [3.63, 3.8) is 0 Å². The smallest absolute Gasteiger partial charge is 0.275 e. The number of aryl methyl sites for hydroxylation is 1. The minimum Gasteiger partial charge on any atom is -0.487 e. The molecule has 1 aliphatic heterocycles. The number of hydrogen-bond donors (Lipinski definition) is 1. The molecule has 1 N–H and O–H groups in total. The SMILES string of the molecule is Cn1nccc1C(=O)Nc1nc2c(s1)COc1ccccc1-2. The second kappa shape index (κ2) is 4.96. The number of fused-ring (bicyclic) bond motifs is 3. The quantitative estimate of drug-likeness (QED) is 0.790. The van der Waals surface area contributed by atoms with Crippen LogP contribution in [0.4, 0.5) is 5.13 Å². The van der Waals surface area contributed by atoms with Crippen molar-refractivity contribution in [2.45, 2.75) is 6.61 Å². The van der Waals surface area contributed by atoms with Crippen LogP contribution in [0.5, 0.6) is 5.75 Å². The molecule has 6 nitrogen and oxygen atoms in total. The van der Waals surface area contributed by atoms with E-state index in [0.717, 1.165) is 21.9 Å². The number of amides is 1. The van der Waals surface area contributed by atoms with Crippen LogP contribution in [0.1, 0.15) is 15.4 Å². The van der Waals surface area contributed by atoms with Crippen LogP contribution in [0, 0.1) is 0 Å². The first-order chi connectivity index (χ1) is 10.7. The zero-order chi connectivity index (χ0) is 15.1. The Bertz CT molecular complexity index is 868. The van der Waals surface area contributed by atoms with E-state index < -0.39 is 0 Å². The molecule has 0 radical (unpaired) electrons. The summed E-state index contributed by atoms with van der Waals surface area (Å²) in [6.07, 6.45) is 1.59. The van der Waals surface area contributed by atoms with Crippen LogP contribution in [-0.4, -0.2) is 20.7 Å². The van der Waals surface area contributed by atoms with Gasteiger partial charge >= 0.3 is 0 Å². The van der Waals surface area contributed by atoms with Gasteiger partial charge in [-0.1, -0.05) is 23.5 Å². The standard InChI is InChI=1S/C15H12N4O2S/c1-19-10(6-7-16-19)14(20)18-15-17-13-9-4-2-3-5-11(9)21-8-12(13)22-15/h2-7H,8H2,1H3,(H,17,18,20). The minimum atomic E-state index is -0.222. The predicted molar refractivity (Wildman–Crippen MR) is 83.0 cm³/mol. The lowest BCUT2D eigenvalue weighted by Crippen LogP contribution is -2.15. The lowest BCUT2D eigenvalue weighted by atomic mass is 10.1. The zero-order valence-electron chi connectivity index (χ0n) is 11.7. The van der Waals surface area contributed by atoms with Crippen LogP contribution in [0.2, 0.25) is 0 Å². The molecule has 1 amide bonds. The first-order valence-corrected chi connectivity index (χ1v) is 7.55. The second-order valence-corrected chi connectivity index (χ2v) is 5.95. The Balaban J connectivity index is 1.65. The number of nitrogens with one attached hydrogen (secondary N) is 1. The van der Waals surface area contributed by atoms with Crippen LogP contribution in [0.3, 0.4) is 0 Å². The van der Waals surface area contributed by atoms with Crippen LogP contribution >= 0.6 is 11.3 Å². The molecule has 0 unspecified atom stereocenters. The molecule has 7 heteroatoms. The largest absolute Gasteiger partial charge is 0.487 e. The number of thiazole rings is 1. The number of ether oxygens (including phenoxy) is 1. The number of carbonyl (C=O) groups excluding carboxylic acids is 1. The Labute approximate surface area is 130 Å². The van der Waals surface area contributed by atoms with E-state index in [2.05, 4.69) is 15.4 Å².